The molecule has 0 amide bonds. The van der Waals surface area contributed by atoms with Gasteiger partial charge in [-0.1, -0.05) is 11.3 Å². The summed E-state index contributed by atoms with van der Waals surface area (Å²) in [4.78, 5) is 10.4. The molecule has 0 aliphatic heterocycles. The fourth-order valence-corrected chi connectivity index (χ4v) is 1.21. The number of hydrogen-bond donors (Lipinski definition) is 1. The first-order chi connectivity index (χ1) is 4.20. The van der Waals surface area contributed by atoms with E-state index in [0.717, 1.165) is 11.3 Å². The predicted molar refractivity (Wildman–Crippen MR) is 39.0 cm³/mol. The zero-order valence-corrected chi connectivity index (χ0v) is 10.7. The van der Waals surface area contributed by atoms with E-state index in [2.05, 4.69) is 35.0 Å². The maximum atomic E-state index is 10.4. The molecule has 1 rings (SSSR count). The van der Waals surface area contributed by atoms with Gasteiger partial charge in [-0.15, -0.1) is 0 Å². The van der Waals surface area contributed by atoms with Gasteiger partial charge in [0.1, 0.15) is 0 Å². The monoisotopic (exact) mass is 216 g/mol. The quantitative estimate of drug-likeness (QED) is 0.332. The van der Waals surface area contributed by atoms with Crippen molar-refractivity contribution < 1.29 is 56.2 Å². The van der Waals surface area contributed by atoms with Gasteiger partial charge in [0, 0.05) is 0 Å². The Hall–Kier alpha value is 1.31. The first-order valence-electron chi connectivity index (χ1n) is 1.97. The van der Waals surface area contributed by atoms with Crippen molar-refractivity contribution in [3.63, 3.8) is 0 Å². The number of H-pyrrole nitrogens is 1. The van der Waals surface area contributed by atoms with E-state index in [4.69, 9.17) is 0 Å². The van der Waals surface area contributed by atoms with Crippen LogP contribution in [-0.4, -0.2) is 15.3 Å². The van der Waals surface area contributed by atoms with E-state index >= 15 is 0 Å². The molecule has 0 aliphatic carbocycles. The van der Waals surface area contributed by atoms with Gasteiger partial charge in [-0.25, -0.2) is 0 Å². The number of carbonyl (C=O) groups is 1. The number of nitrogens with one attached hydrogen (secondary N) is 1. The average molecular weight is 216 g/mol. The first kappa shape index (κ1) is 11.3. The van der Waals surface area contributed by atoms with Crippen molar-refractivity contribution in [1.82, 2.24) is 10.2 Å². The smallest absolute Gasteiger partial charge is 0.734 e. The van der Waals surface area contributed by atoms with Crippen LogP contribution in [0.25, 0.3) is 0 Å². The van der Waals surface area contributed by atoms with Gasteiger partial charge in [-0.05, 0) is 12.2 Å². The van der Waals surface area contributed by atoms with Gasteiger partial charge in [-0.3, -0.25) is 5.10 Å². The minimum atomic E-state index is -0.465. The molecule has 1 aromatic rings. The van der Waals surface area contributed by atoms with Crippen LogP contribution in [-0.2, 0) is 12.6 Å². The van der Waals surface area contributed by atoms with Crippen molar-refractivity contribution in [3.8, 4) is 0 Å². The Labute approximate surface area is 114 Å². The van der Waals surface area contributed by atoms with Crippen molar-refractivity contribution in [2.24, 2.45) is 0 Å². The van der Waals surface area contributed by atoms with Crippen molar-refractivity contribution in [1.29, 1.82) is 0 Å². The fraction of sp³-hybridized carbons (Fsp3) is 0. The topological polar surface area (TPSA) is 45.8 Å². The molecule has 10 heavy (non-hydrogen) atoms. The van der Waals surface area contributed by atoms with Crippen LogP contribution < -0.4 is 51.4 Å². The second-order valence-electron chi connectivity index (χ2n) is 1.21. The van der Waals surface area contributed by atoms with E-state index in [1.807, 2.05) is 0 Å². The zero-order valence-electron chi connectivity index (χ0n) is 5.08. The van der Waals surface area contributed by atoms with E-state index in [0.29, 0.717) is 3.95 Å². The third-order valence-corrected chi connectivity index (χ3v) is 2.02. The number of aromatic nitrogens is 2. The molecule has 0 unspecified atom stereocenters. The molecule has 0 radical (unpaired) electrons. The molecule has 0 aromatic carbocycles. The van der Waals surface area contributed by atoms with Gasteiger partial charge < -0.3 is 17.4 Å². The van der Waals surface area contributed by atoms with Crippen LogP contribution in [0.4, 0.5) is 0 Å². The summed E-state index contributed by atoms with van der Waals surface area (Å²) in [5.74, 6) is 0. The van der Waals surface area contributed by atoms with Gasteiger partial charge in [0.15, 0.2) is 8.96 Å². The molecule has 1 aromatic heterocycles. The third kappa shape index (κ3) is 3.14. The second-order valence-corrected chi connectivity index (χ2v) is 3.24. The molecule has 1 N–H and O–H groups in total. The largest absolute Gasteiger partial charge is 1.00 e. The Morgan fingerprint density at radius 2 is 2.40 bits per heavy atom. The Morgan fingerprint density at radius 3 is 2.60 bits per heavy atom. The molecule has 0 bridgehead atoms. The number of hydrogen-bond acceptors (Lipinski definition) is 5. The van der Waals surface area contributed by atoms with Crippen molar-refractivity contribution in [2.75, 3.05) is 0 Å². The minimum Gasteiger partial charge on any atom is -0.734 e. The SMILES string of the molecule is O=C([S-])c1n[nH]c(=S)s1.[K+]. The van der Waals surface area contributed by atoms with E-state index < -0.39 is 5.12 Å². The Bertz CT molecular complexity index is 279. The Kier molecular flexibility index (Phi) is 5.70. The Balaban J connectivity index is 0.000000810. The molecule has 1 heterocycles. The van der Waals surface area contributed by atoms with E-state index in [9.17, 15) is 4.79 Å². The molecule has 48 valence electrons. The molecule has 7 heteroatoms. The minimum absolute atomic E-state index is 0. The van der Waals surface area contributed by atoms with Gasteiger partial charge >= 0.3 is 51.4 Å². The van der Waals surface area contributed by atoms with Gasteiger partial charge in [0.25, 0.3) is 0 Å². The van der Waals surface area contributed by atoms with Crippen LogP contribution in [0.5, 0.6) is 0 Å². The molecular weight excluding hydrogens is 215 g/mol. The van der Waals surface area contributed by atoms with Gasteiger partial charge in [0.05, 0.1) is 5.12 Å². The predicted octanol–water partition coefficient (Wildman–Crippen LogP) is -2.11. The van der Waals surface area contributed by atoms with Crippen molar-refractivity contribution in [2.45, 2.75) is 0 Å². The molecule has 3 nitrogen and oxygen atoms in total. The summed E-state index contributed by atoms with van der Waals surface area (Å²) in [6.45, 7) is 0. The molecular formula is C3HKN2OS3. The van der Waals surface area contributed by atoms with Crippen molar-refractivity contribution in [3.05, 3.63) is 8.96 Å². The van der Waals surface area contributed by atoms with Crippen LogP contribution in [0.3, 0.4) is 0 Å². The standard InChI is InChI=1S/C3H2N2OS3.K/c6-2(7)1-4-5-3(8)9-1;/h(H,5,8)(H,6,7);/q;+1/p-1. The summed E-state index contributed by atoms with van der Waals surface area (Å²) in [6, 6.07) is 0. The maximum Gasteiger partial charge on any atom is 1.00 e. The summed E-state index contributed by atoms with van der Waals surface area (Å²) in [5.41, 5.74) is 0. The molecule has 0 atom stereocenters. The molecule has 0 saturated carbocycles. The molecule has 0 spiro atoms. The summed E-state index contributed by atoms with van der Waals surface area (Å²) in [7, 11) is 0. The third-order valence-electron chi connectivity index (χ3n) is 0.613. The van der Waals surface area contributed by atoms with E-state index in [1.165, 1.54) is 0 Å². The van der Waals surface area contributed by atoms with Crippen LogP contribution >= 0.6 is 23.6 Å². The van der Waals surface area contributed by atoms with Crippen LogP contribution in [0.1, 0.15) is 9.80 Å². The second kappa shape index (κ2) is 5.04. The molecule has 0 fully saturated rings. The van der Waals surface area contributed by atoms with Crippen LogP contribution in [0.2, 0.25) is 0 Å². The average Bonchev–Trinajstić information content (AvgIpc) is 2.14. The summed E-state index contributed by atoms with van der Waals surface area (Å²) in [6.07, 6.45) is 0. The van der Waals surface area contributed by atoms with E-state index in [-0.39, 0.29) is 56.4 Å². The zero-order chi connectivity index (χ0) is 6.85. The number of aromatic amines is 1. The first-order valence-corrected chi connectivity index (χ1v) is 3.60. The Morgan fingerprint density at radius 1 is 1.80 bits per heavy atom. The number of carbonyl (C=O) groups excluding carboxylic acids is 1. The van der Waals surface area contributed by atoms with Gasteiger partial charge in [-0.2, -0.15) is 5.10 Å². The summed E-state index contributed by atoms with van der Waals surface area (Å²) < 4.78 is 0.475. The molecule has 0 saturated heterocycles. The van der Waals surface area contributed by atoms with Gasteiger partial charge in [0.2, 0.25) is 0 Å². The summed E-state index contributed by atoms with van der Waals surface area (Å²) in [5, 5.41) is 5.79. The fourth-order valence-electron chi connectivity index (χ4n) is 0.317. The molecule has 0 aliphatic rings. The normalized spacial score (nSPS) is 8.40. The number of rotatable bonds is 1. The van der Waals surface area contributed by atoms with Crippen LogP contribution in [0, 0.1) is 3.95 Å². The van der Waals surface area contributed by atoms with Crippen molar-refractivity contribution >= 4 is 41.3 Å². The van der Waals surface area contributed by atoms with Crippen LogP contribution in [0.15, 0.2) is 0 Å². The number of nitrogens with zero attached hydrogens (tertiary/aromatic N) is 1. The van der Waals surface area contributed by atoms with E-state index in [1.54, 1.807) is 0 Å². The maximum absolute atomic E-state index is 10.4. The summed E-state index contributed by atoms with van der Waals surface area (Å²) >= 11 is 10.0.